The maximum atomic E-state index is 12.3. The van der Waals surface area contributed by atoms with Crippen LogP contribution in [-0.4, -0.2) is 32.6 Å². The van der Waals surface area contributed by atoms with Gasteiger partial charge < -0.3 is 0 Å². The van der Waals surface area contributed by atoms with E-state index in [4.69, 9.17) is 0 Å². The Bertz CT molecular complexity index is 1240. The summed E-state index contributed by atoms with van der Waals surface area (Å²) in [5, 5.41) is 15.5. The molecule has 0 spiro atoms. The molecule has 0 saturated carbocycles. The van der Waals surface area contributed by atoms with Crippen molar-refractivity contribution >= 4 is 35.2 Å². The van der Waals surface area contributed by atoms with Crippen LogP contribution in [0.5, 0.6) is 0 Å². The Morgan fingerprint density at radius 3 is 2.38 bits per heavy atom. The number of thioether (sulfide) groups is 1. The zero-order chi connectivity index (χ0) is 22.5. The molecule has 2 aromatic carbocycles. The normalized spacial score (nSPS) is 11.2. The highest BCUT2D eigenvalue weighted by Crippen LogP contribution is 2.28. The van der Waals surface area contributed by atoms with Crippen LogP contribution in [0.15, 0.2) is 70.2 Å². The number of amides is 1. The molecule has 0 saturated heterocycles. The van der Waals surface area contributed by atoms with Gasteiger partial charge in [-0.05, 0) is 49.9 Å². The number of carbonyl (C=O) groups is 1. The van der Waals surface area contributed by atoms with Gasteiger partial charge in [-0.25, -0.2) is 5.43 Å². The maximum absolute atomic E-state index is 12.3. The SMILES string of the molecule is Cc1ccc(-c2nnc(SCC(=O)N/N=C/c3sccc3C)n2-c2ccc(C)cc2)cc1. The fourth-order valence-corrected chi connectivity index (χ4v) is 4.55. The summed E-state index contributed by atoms with van der Waals surface area (Å²) in [6.07, 6.45) is 1.67. The summed E-state index contributed by atoms with van der Waals surface area (Å²) in [7, 11) is 0. The largest absolute Gasteiger partial charge is 0.272 e. The molecule has 1 N–H and O–H groups in total. The summed E-state index contributed by atoms with van der Waals surface area (Å²) in [6.45, 7) is 6.12. The van der Waals surface area contributed by atoms with E-state index in [0.29, 0.717) is 5.16 Å². The third kappa shape index (κ3) is 5.15. The van der Waals surface area contributed by atoms with Crippen molar-refractivity contribution in [2.75, 3.05) is 5.75 Å². The van der Waals surface area contributed by atoms with Crippen LogP contribution < -0.4 is 5.43 Å². The zero-order valence-corrected chi connectivity index (χ0v) is 19.7. The number of thiophene rings is 1. The minimum Gasteiger partial charge on any atom is -0.272 e. The van der Waals surface area contributed by atoms with Crippen molar-refractivity contribution in [3.8, 4) is 17.1 Å². The van der Waals surface area contributed by atoms with E-state index in [1.165, 1.54) is 22.9 Å². The van der Waals surface area contributed by atoms with E-state index in [0.717, 1.165) is 27.5 Å². The van der Waals surface area contributed by atoms with E-state index in [2.05, 4.69) is 58.8 Å². The molecule has 0 aliphatic carbocycles. The molecular formula is C24H23N5OS2. The predicted molar refractivity (Wildman–Crippen MR) is 132 cm³/mol. The Kier molecular flexibility index (Phi) is 6.82. The molecular weight excluding hydrogens is 438 g/mol. The Morgan fingerprint density at radius 2 is 1.72 bits per heavy atom. The number of nitrogens with zero attached hydrogens (tertiary/aromatic N) is 4. The fourth-order valence-electron chi connectivity index (χ4n) is 3.02. The molecule has 0 radical (unpaired) electrons. The monoisotopic (exact) mass is 461 g/mol. The first-order chi connectivity index (χ1) is 15.5. The van der Waals surface area contributed by atoms with Crippen LogP contribution in [0.1, 0.15) is 21.6 Å². The summed E-state index contributed by atoms with van der Waals surface area (Å²) in [6, 6.07) is 18.4. The first-order valence-corrected chi connectivity index (χ1v) is 12.0. The highest BCUT2D eigenvalue weighted by Gasteiger charge is 2.17. The second-order valence-electron chi connectivity index (χ2n) is 7.39. The molecule has 0 aliphatic rings. The smallest absolute Gasteiger partial charge is 0.250 e. The van der Waals surface area contributed by atoms with Crippen LogP contribution >= 0.6 is 23.1 Å². The number of carbonyl (C=O) groups excluding carboxylic acids is 1. The number of nitrogens with one attached hydrogen (secondary N) is 1. The van der Waals surface area contributed by atoms with E-state index < -0.39 is 0 Å². The second kappa shape index (κ2) is 9.93. The summed E-state index contributed by atoms with van der Waals surface area (Å²) in [4.78, 5) is 13.4. The van der Waals surface area contributed by atoms with Crippen LogP contribution in [0.25, 0.3) is 17.1 Å². The van der Waals surface area contributed by atoms with E-state index in [1.807, 2.05) is 47.2 Å². The van der Waals surface area contributed by atoms with Gasteiger partial charge in [0.1, 0.15) is 0 Å². The van der Waals surface area contributed by atoms with E-state index >= 15 is 0 Å². The molecule has 8 heteroatoms. The first kappa shape index (κ1) is 22.0. The van der Waals surface area contributed by atoms with Gasteiger partial charge in [-0.15, -0.1) is 21.5 Å². The van der Waals surface area contributed by atoms with Crippen LogP contribution in [-0.2, 0) is 4.79 Å². The van der Waals surface area contributed by atoms with Crippen LogP contribution in [0.3, 0.4) is 0 Å². The summed E-state index contributed by atoms with van der Waals surface area (Å²) in [5.74, 6) is 0.720. The zero-order valence-electron chi connectivity index (χ0n) is 18.1. The maximum Gasteiger partial charge on any atom is 0.250 e. The lowest BCUT2D eigenvalue weighted by molar-refractivity contribution is -0.118. The second-order valence-corrected chi connectivity index (χ2v) is 9.28. The molecule has 162 valence electrons. The van der Waals surface area contributed by atoms with E-state index in [9.17, 15) is 4.79 Å². The van der Waals surface area contributed by atoms with Crippen LogP contribution in [0.4, 0.5) is 0 Å². The van der Waals surface area contributed by atoms with Gasteiger partial charge >= 0.3 is 0 Å². The van der Waals surface area contributed by atoms with Gasteiger partial charge in [0.2, 0.25) is 0 Å². The highest BCUT2D eigenvalue weighted by atomic mass is 32.2. The average Bonchev–Trinajstić information content (AvgIpc) is 3.40. The molecule has 4 rings (SSSR count). The van der Waals surface area contributed by atoms with Gasteiger partial charge in [0.25, 0.3) is 5.91 Å². The lowest BCUT2D eigenvalue weighted by Gasteiger charge is -2.11. The Hall–Kier alpha value is -3.23. The fraction of sp³-hybridized carbons (Fsp3) is 0.167. The van der Waals surface area contributed by atoms with Gasteiger partial charge in [-0.3, -0.25) is 9.36 Å². The van der Waals surface area contributed by atoms with Crippen molar-refractivity contribution in [2.24, 2.45) is 5.10 Å². The number of hydrazone groups is 1. The quantitative estimate of drug-likeness (QED) is 0.234. The Morgan fingerprint density at radius 1 is 1.03 bits per heavy atom. The van der Waals surface area contributed by atoms with Crippen molar-refractivity contribution in [1.82, 2.24) is 20.2 Å². The average molecular weight is 462 g/mol. The molecule has 0 bridgehead atoms. The van der Waals surface area contributed by atoms with Gasteiger partial charge in [0.15, 0.2) is 11.0 Å². The number of hydrogen-bond donors (Lipinski definition) is 1. The molecule has 32 heavy (non-hydrogen) atoms. The molecule has 1 amide bonds. The highest BCUT2D eigenvalue weighted by molar-refractivity contribution is 7.99. The molecule has 4 aromatic rings. The van der Waals surface area contributed by atoms with Gasteiger partial charge in [0, 0.05) is 16.1 Å². The molecule has 2 heterocycles. The lowest BCUT2D eigenvalue weighted by Crippen LogP contribution is -2.20. The van der Waals surface area contributed by atoms with Crippen molar-refractivity contribution in [3.63, 3.8) is 0 Å². The number of rotatable bonds is 7. The molecule has 0 atom stereocenters. The number of aryl methyl sites for hydroxylation is 3. The van der Waals surface area contributed by atoms with Crippen molar-refractivity contribution < 1.29 is 4.79 Å². The molecule has 0 aliphatic heterocycles. The van der Waals surface area contributed by atoms with Crippen molar-refractivity contribution in [1.29, 1.82) is 0 Å². The topological polar surface area (TPSA) is 72.2 Å². The standard InChI is InChI=1S/C24H23N5OS2/c1-16-4-8-19(9-5-16)23-27-28-24(29(23)20-10-6-17(2)7-11-20)32-15-22(30)26-25-14-21-18(3)12-13-31-21/h4-14H,15H2,1-3H3,(H,26,30)/b25-14+. The summed E-state index contributed by atoms with van der Waals surface area (Å²) >= 11 is 2.92. The van der Waals surface area contributed by atoms with Gasteiger partial charge in [0.05, 0.1) is 12.0 Å². The molecule has 6 nitrogen and oxygen atoms in total. The van der Waals surface area contributed by atoms with Gasteiger partial charge in [-0.1, -0.05) is 59.3 Å². The summed E-state index contributed by atoms with van der Waals surface area (Å²) < 4.78 is 1.99. The number of benzene rings is 2. The minimum absolute atomic E-state index is 0.179. The first-order valence-electron chi connectivity index (χ1n) is 10.1. The predicted octanol–water partition coefficient (Wildman–Crippen LogP) is 5.16. The van der Waals surface area contributed by atoms with Crippen LogP contribution in [0.2, 0.25) is 0 Å². The Balaban J connectivity index is 1.53. The summed E-state index contributed by atoms with van der Waals surface area (Å²) in [5.41, 5.74) is 8.00. The third-order valence-electron chi connectivity index (χ3n) is 4.84. The van der Waals surface area contributed by atoms with Crippen molar-refractivity contribution in [3.05, 3.63) is 81.5 Å². The molecule has 0 fully saturated rings. The van der Waals surface area contributed by atoms with E-state index in [1.54, 1.807) is 17.6 Å². The Labute approximate surface area is 195 Å². The lowest BCUT2D eigenvalue weighted by atomic mass is 10.1. The van der Waals surface area contributed by atoms with E-state index in [-0.39, 0.29) is 11.7 Å². The third-order valence-corrected chi connectivity index (χ3v) is 6.72. The number of aromatic nitrogens is 3. The molecule has 0 unspecified atom stereocenters. The van der Waals surface area contributed by atoms with Crippen LogP contribution in [0, 0.1) is 20.8 Å². The number of hydrogen-bond acceptors (Lipinski definition) is 6. The van der Waals surface area contributed by atoms with Crippen molar-refractivity contribution in [2.45, 2.75) is 25.9 Å². The minimum atomic E-state index is -0.198. The van der Waals surface area contributed by atoms with Gasteiger partial charge in [-0.2, -0.15) is 5.10 Å². The molecule has 2 aromatic heterocycles.